The number of benzene rings is 1. The number of rotatable bonds is 6. The van der Waals surface area contributed by atoms with E-state index in [1.807, 2.05) is 0 Å². The van der Waals surface area contributed by atoms with Crippen molar-refractivity contribution >= 4 is 16.8 Å². The van der Waals surface area contributed by atoms with Crippen LogP contribution in [0.2, 0.25) is 0 Å². The van der Waals surface area contributed by atoms with Crippen LogP contribution in [0, 0.1) is 12.3 Å². The van der Waals surface area contributed by atoms with E-state index in [4.69, 9.17) is 0 Å². The number of fused-ring (bicyclic) bond motifs is 2. The van der Waals surface area contributed by atoms with E-state index in [2.05, 4.69) is 67.8 Å². The third-order valence-electron chi connectivity index (χ3n) is 7.93. The first kappa shape index (κ1) is 20.5. The Morgan fingerprint density at radius 3 is 2.69 bits per heavy atom. The second-order valence-corrected chi connectivity index (χ2v) is 9.41. The molecule has 4 heteroatoms. The van der Waals surface area contributed by atoms with E-state index in [9.17, 15) is 4.79 Å². The van der Waals surface area contributed by atoms with E-state index in [0.29, 0.717) is 12.0 Å². The van der Waals surface area contributed by atoms with Gasteiger partial charge in [-0.15, -0.1) is 0 Å². The van der Waals surface area contributed by atoms with Crippen LogP contribution in [0.4, 0.5) is 0 Å². The van der Waals surface area contributed by atoms with E-state index in [1.54, 1.807) is 0 Å². The lowest BCUT2D eigenvalue weighted by Gasteiger charge is -2.44. The summed E-state index contributed by atoms with van der Waals surface area (Å²) in [5, 5.41) is 1.40. The van der Waals surface area contributed by atoms with Gasteiger partial charge >= 0.3 is 0 Å². The number of nitrogens with zero attached hydrogens (tertiary/aromatic N) is 2. The van der Waals surface area contributed by atoms with E-state index >= 15 is 0 Å². The Morgan fingerprint density at radius 1 is 1.24 bits per heavy atom. The maximum absolute atomic E-state index is 13.1. The molecule has 0 radical (unpaired) electrons. The van der Waals surface area contributed by atoms with Crippen LogP contribution in [0.25, 0.3) is 10.9 Å². The summed E-state index contributed by atoms with van der Waals surface area (Å²) in [6, 6.07) is 7.30. The Kier molecular flexibility index (Phi) is 5.50. The molecule has 2 aromatic rings. The molecule has 1 fully saturated rings. The molecule has 0 unspecified atom stereocenters. The molecule has 1 aromatic heterocycles. The van der Waals surface area contributed by atoms with Crippen molar-refractivity contribution in [3.63, 3.8) is 0 Å². The summed E-state index contributed by atoms with van der Waals surface area (Å²) < 4.78 is 2.08. The SMILES string of the molecule is CCCN1CCC[C@@H]2c3cccc4c3c(c(C)n4NC(=O)C(C)(CC)CC)C[C@H]21. The van der Waals surface area contributed by atoms with E-state index in [0.717, 1.165) is 19.3 Å². The van der Waals surface area contributed by atoms with Gasteiger partial charge < -0.3 is 0 Å². The van der Waals surface area contributed by atoms with Gasteiger partial charge in [0.15, 0.2) is 0 Å². The third kappa shape index (κ3) is 3.20. The number of hydrogen-bond donors (Lipinski definition) is 1. The Morgan fingerprint density at radius 2 is 2.00 bits per heavy atom. The molecule has 0 bridgehead atoms. The molecule has 2 atom stereocenters. The van der Waals surface area contributed by atoms with Crippen molar-refractivity contribution in [1.82, 2.24) is 9.58 Å². The minimum Gasteiger partial charge on any atom is -0.299 e. The van der Waals surface area contributed by atoms with Crippen molar-refractivity contribution in [3.05, 3.63) is 35.0 Å². The zero-order chi connectivity index (χ0) is 20.8. The Labute approximate surface area is 175 Å². The number of aromatic nitrogens is 1. The first-order valence-corrected chi connectivity index (χ1v) is 11.6. The van der Waals surface area contributed by atoms with Gasteiger partial charge in [-0.05, 0) is 75.7 Å². The van der Waals surface area contributed by atoms with Gasteiger partial charge in [-0.2, -0.15) is 0 Å². The van der Waals surface area contributed by atoms with Crippen LogP contribution in [0.15, 0.2) is 18.2 Å². The predicted molar refractivity (Wildman–Crippen MR) is 121 cm³/mol. The van der Waals surface area contributed by atoms with E-state index < -0.39 is 0 Å². The lowest BCUT2D eigenvalue weighted by Crippen LogP contribution is -2.47. The number of carbonyl (C=O) groups is 1. The molecule has 0 spiro atoms. The predicted octanol–water partition coefficient (Wildman–Crippen LogP) is 5.36. The van der Waals surface area contributed by atoms with E-state index in [1.165, 1.54) is 60.1 Å². The zero-order valence-electron chi connectivity index (χ0n) is 18.8. The second kappa shape index (κ2) is 7.79. The number of carbonyl (C=O) groups excluding carboxylic acids is 1. The highest BCUT2D eigenvalue weighted by Crippen LogP contribution is 2.45. The molecular weight excluding hydrogens is 358 g/mol. The van der Waals surface area contributed by atoms with Crippen LogP contribution in [0.1, 0.15) is 82.5 Å². The molecular formula is C25H37N3O. The summed E-state index contributed by atoms with van der Waals surface area (Å²) in [6.45, 7) is 13.2. The van der Waals surface area contributed by atoms with E-state index in [-0.39, 0.29) is 11.3 Å². The lowest BCUT2D eigenvalue weighted by atomic mass is 9.74. The highest BCUT2D eigenvalue weighted by Gasteiger charge is 2.39. The zero-order valence-corrected chi connectivity index (χ0v) is 18.8. The summed E-state index contributed by atoms with van der Waals surface area (Å²) in [5.74, 6) is 0.748. The maximum Gasteiger partial charge on any atom is 0.244 e. The van der Waals surface area contributed by atoms with Gasteiger partial charge in [-0.25, -0.2) is 0 Å². The monoisotopic (exact) mass is 395 g/mol. The molecule has 29 heavy (non-hydrogen) atoms. The first-order chi connectivity index (χ1) is 13.9. The van der Waals surface area contributed by atoms with Gasteiger partial charge in [-0.3, -0.25) is 19.8 Å². The highest BCUT2D eigenvalue weighted by molar-refractivity contribution is 5.95. The molecule has 1 aliphatic heterocycles. The smallest absolute Gasteiger partial charge is 0.244 e. The van der Waals surface area contributed by atoms with Crippen molar-refractivity contribution < 1.29 is 4.79 Å². The number of nitrogens with one attached hydrogen (secondary N) is 1. The summed E-state index contributed by atoms with van der Waals surface area (Å²) in [7, 11) is 0. The summed E-state index contributed by atoms with van der Waals surface area (Å²) >= 11 is 0. The average Bonchev–Trinajstić information content (AvgIpc) is 3.01. The fourth-order valence-electron chi connectivity index (χ4n) is 5.61. The Hall–Kier alpha value is -1.81. The van der Waals surface area contributed by atoms with Crippen molar-refractivity contribution in [1.29, 1.82) is 0 Å². The molecule has 1 N–H and O–H groups in total. The van der Waals surface area contributed by atoms with Crippen LogP contribution in [0.5, 0.6) is 0 Å². The van der Waals surface area contributed by atoms with Gasteiger partial charge in [0, 0.05) is 28.5 Å². The molecule has 4 rings (SSSR count). The topological polar surface area (TPSA) is 37.3 Å². The largest absolute Gasteiger partial charge is 0.299 e. The van der Waals surface area contributed by atoms with Crippen LogP contribution in [0.3, 0.4) is 0 Å². The van der Waals surface area contributed by atoms with Crippen molar-refractivity contribution in [2.75, 3.05) is 18.5 Å². The van der Waals surface area contributed by atoms with Gasteiger partial charge in [0.25, 0.3) is 0 Å². The molecule has 2 heterocycles. The fourth-order valence-corrected chi connectivity index (χ4v) is 5.61. The Balaban J connectivity index is 1.78. The fraction of sp³-hybridized carbons (Fsp3) is 0.640. The Bertz CT molecular complexity index is 906. The van der Waals surface area contributed by atoms with Gasteiger partial charge in [-0.1, -0.05) is 39.8 Å². The van der Waals surface area contributed by atoms with Gasteiger partial charge in [0.1, 0.15) is 0 Å². The van der Waals surface area contributed by atoms with Crippen molar-refractivity contribution in [2.45, 2.75) is 85.1 Å². The van der Waals surface area contributed by atoms with Crippen LogP contribution in [-0.2, 0) is 11.2 Å². The molecule has 1 aliphatic carbocycles. The highest BCUT2D eigenvalue weighted by atomic mass is 16.2. The molecule has 1 aromatic carbocycles. The van der Waals surface area contributed by atoms with Crippen LogP contribution in [-0.4, -0.2) is 34.6 Å². The minimum absolute atomic E-state index is 0.128. The summed E-state index contributed by atoms with van der Waals surface area (Å²) in [5.41, 5.74) is 8.27. The second-order valence-electron chi connectivity index (χ2n) is 9.41. The number of hydrogen-bond acceptors (Lipinski definition) is 2. The van der Waals surface area contributed by atoms with Crippen molar-refractivity contribution in [2.24, 2.45) is 5.41 Å². The molecule has 1 saturated heterocycles. The molecule has 0 saturated carbocycles. The number of piperidine rings is 1. The summed E-state index contributed by atoms with van der Waals surface area (Å²) in [4.78, 5) is 15.9. The third-order valence-corrected chi connectivity index (χ3v) is 7.93. The standard InChI is InChI=1S/C25H37N3O/c1-6-14-27-15-10-12-18-19-11-9-13-21-23(19)20(16-22(18)27)17(4)28(21)26-24(29)25(5,7-2)8-3/h9,11,13,18,22H,6-8,10,12,14-16H2,1-5H3,(H,26,29)/t18-,22-/m1/s1. The molecule has 1 amide bonds. The molecule has 2 aliphatic rings. The van der Waals surface area contributed by atoms with Gasteiger partial charge in [0.2, 0.25) is 5.91 Å². The lowest BCUT2D eigenvalue weighted by molar-refractivity contribution is -0.126. The average molecular weight is 396 g/mol. The molecule has 4 nitrogen and oxygen atoms in total. The number of amides is 1. The van der Waals surface area contributed by atoms with Crippen molar-refractivity contribution in [3.8, 4) is 0 Å². The van der Waals surface area contributed by atoms with Crippen LogP contribution < -0.4 is 5.43 Å². The molecule has 158 valence electrons. The van der Waals surface area contributed by atoms with Crippen LogP contribution >= 0.6 is 0 Å². The maximum atomic E-state index is 13.1. The quantitative estimate of drug-likeness (QED) is 0.715. The summed E-state index contributed by atoms with van der Waals surface area (Å²) in [6.07, 6.45) is 6.58. The van der Waals surface area contributed by atoms with Gasteiger partial charge in [0.05, 0.1) is 5.52 Å². The normalized spacial score (nSPS) is 22.0. The minimum atomic E-state index is -0.326. The first-order valence-electron chi connectivity index (χ1n) is 11.6. The number of likely N-dealkylation sites (tertiary alicyclic amines) is 1.